The summed E-state index contributed by atoms with van der Waals surface area (Å²) >= 11 is 1.59. The Kier molecular flexibility index (Phi) is 1.32. The standard InChI is InChI=1S/C8H7NOS/c1-6-8(10)9-5-3-2-4-7(9)11-6/h2-5H,1H3/p+1. The summed E-state index contributed by atoms with van der Waals surface area (Å²) in [6.07, 6.45) is 1.86. The van der Waals surface area contributed by atoms with Crippen molar-refractivity contribution in [1.82, 2.24) is 0 Å². The lowest BCUT2D eigenvalue weighted by atomic mass is 10.5. The number of rotatable bonds is 0. The van der Waals surface area contributed by atoms with E-state index < -0.39 is 0 Å². The third-order valence-electron chi connectivity index (χ3n) is 1.62. The molecule has 0 amide bonds. The van der Waals surface area contributed by atoms with Gasteiger partial charge in [-0.15, -0.1) is 4.40 Å². The monoisotopic (exact) mass is 166 g/mol. The first-order chi connectivity index (χ1) is 5.29. The summed E-state index contributed by atoms with van der Waals surface area (Å²) < 4.78 is 1.78. The average Bonchev–Trinajstić information content (AvgIpc) is 2.30. The molecule has 2 heterocycles. The summed E-state index contributed by atoms with van der Waals surface area (Å²) in [5.41, 5.74) is 0. The minimum absolute atomic E-state index is 0.352. The average molecular weight is 166 g/mol. The molecule has 56 valence electrons. The van der Waals surface area contributed by atoms with Crippen molar-refractivity contribution in [2.24, 2.45) is 0 Å². The molecule has 2 nitrogen and oxygen atoms in total. The third kappa shape index (κ3) is 0.886. The summed E-state index contributed by atoms with van der Waals surface area (Å²) in [7, 11) is 0. The summed E-state index contributed by atoms with van der Waals surface area (Å²) in [6.45, 7) is 1.91. The highest BCUT2D eigenvalue weighted by Crippen LogP contribution is 2.20. The van der Waals surface area contributed by atoms with Gasteiger partial charge in [-0.25, -0.2) is 0 Å². The van der Waals surface area contributed by atoms with Gasteiger partial charge in [0, 0.05) is 12.1 Å². The van der Waals surface area contributed by atoms with Crippen LogP contribution in [-0.4, -0.2) is 5.11 Å². The molecule has 0 fully saturated rings. The van der Waals surface area contributed by atoms with Gasteiger partial charge in [0.1, 0.15) is 4.88 Å². The van der Waals surface area contributed by atoms with Crippen LogP contribution < -0.4 is 4.40 Å². The molecule has 0 saturated carbocycles. The van der Waals surface area contributed by atoms with Crippen LogP contribution in [0.3, 0.4) is 0 Å². The lowest BCUT2D eigenvalue weighted by Crippen LogP contribution is -2.16. The number of thiazole rings is 1. The number of aromatic hydroxyl groups is 1. The first-order valence-corrected chi connectivity index (χ1v) is 4.19. The highest BCUT2D eigenvalue weighted by atomic mass is 32.1. The van der Waals surface area contributed by atoms with Gasteiger partial charge in [-0.05, 0) is 13.0 Å². The molecule has 11 heavy (non-hydrogen) atoms. The van der Waals surface area contributed by atoms with Crippen LogP contribution in [0.4, 0.5) is 0 Å². The Morgan fingerprint density at radius 1 is 1.45 bits per heavy atom. The maximum Gasteiger partial charge on any atom is 0.385 e. The molecule has 0 aromatic carbocycles. The van der Waals surface area contributed by atoms with E-state index in [2.05, 4.69) is 0 Å². The van der Waals surface area contributed by atoms with Gasteiger partial charge >= 0.3 is 5.88 Å². The fourth-order valence-corrected chi connectivity index (χ4v) is 1.95. The lowest BCUT2D eigenvalue weighted by Gasteiger charge is -1.79. The molecule has 0 unspecified atom stereocenters. The van der Waals surface area contributed by atoms with Crippen molar-refractivity contribution in [3.63, 3.8) is 0 Å². The predicted molar refractivity (Wildman–Crippen MR) is 43.9 cm³/mol. The molecule has 2 aromatic heterocycles. The van der Waals surface area contributed by atoms with Gasteiger partial charge in [0.25, 0.3) is 4.83 Å². The van der Waals surface area contributed by atoms with Crippen LogP contribution in [0, 0.1) is 6.92 Å². The second-order valence-corrected chi connectivity index (χ2v) is 3.63. The van der Waals surface area contributed by atoms with Crippen molar-refractivity contribution in [3.05, 3.63) is 29.3 Å². The van der Waals surface area contributed by atoms with E-state index in [1.54, 1.807) is 15.7 Å². The fourth-order valence-electron chi connectivity index (χ4n) is 1.06. The number of hydrogen-bond acceptors (Lipinski definition) is 2. The predicted octanol–water partition coefficient (Wildman–Crippen LogP) is 1.50. The fraction of sp³-hybridized carbons (Fsp3) is 0.125. The quantitative estimate of drug-likeness (QED) is 0.589. The van der Waals surface area contributed by atoms with E-state index in [0.717, 1.165) is 9.71 Å². The normalized spacial score (nSPS) is 10.6. The van der Waals surface area contributed by atoms with Gasteiger partial charge in [0.05, 0.1) is 0 Å². The van der Waals surface area contributed by atoms with Crippen LogP contribution in [0.1, 0.15) is 4.88 Å². The molecule has 2 aromatic rings. The molecule has 0 aliphatic carbocycles. The minimum atomic E-state index is 0.352. The molecule has 0 atom stereocenters. The molecule has 3 heteroatoms. The molecule has 0 aliphatic rings. The topological polar surface area (TPSA) is 24.3 Å². The maximum absolute atomic E-state index is 9.47. The number of aromatic nitrogens is 1. The zero-order chi connectivity index (χ0) is 7.84. The number of aryl methyl sites for hydroxylation is 1. The molecule has 0 radical (unpaired) electrons. The van der Waals surface area contributed by atoms with E-state index in [0.29, 0.717) is 5.88 Å². The molecule has 0 saturated heterocycles. The van der Waals surface area contributed by atoms with Gasteiger partial charge in [-0.2, -0.15) is 0 Å². The Morgan fingerprint density at radius 2 is 2.27 bits per heavy atom. The summed E-state index contributed by atoms with van der Waals surface area (Å²) in [5, 5.41) is 9.47. The van der Waals surface area contributed by atoms with E-state index in [9.17, 15) is 5.11 Å². The van der Waals surface area contributed by atoms with Crippen molar-refractivity contribution < 1.29 is 9.51 Å². The van der Waals surface area contributed by atoms with Crippen LogP contribution >= 0.6 is 11.3 Å². The van der Waals surface area contributed by atoms with Gasteiger partial charge < -0.3 is 5.11 Å². The lowest BCUT2D eigenvalue weighted by molar-refractivity contribution is -0.518. The summed E-state index contributed by atoms with van der Waals surface area (Å²) in [4.78, 5) is 2.03. The van der Waals surface area contributed by atoms with Crippen molar-refractivity contribution in [3.8, 4) is 5.88 Å². The number of hydrogen-bond donors (Lipinski definition) is 1. The van der Waals surface area contributed by atoms with Gasteiger partial charge in [-0.1, -0.05) is 11.3 Å². The second-order valence-electron chi connectivity index (χ2n) is 2.39. The maximum atomic E-state index is 9.47. The first kappa shape index (κ1) is 6.61. The Labute approximate surface area is 68.4 Å². The van der Waals surface area contributed by atoms with Gasteiger partial charge in [-0.3, -0.25) is 0 Å². The smallest absolute Gasteiger partial charge is 0.385 e. The molecule has 1 N–H and O–H groups in total. The Bertz CT molecular complexity index is 394. The molecular formula is C8H8NOS+. The van der Waals surface area contributed by atoms with E-state index in [4.69, 9.17) is 0 Å². The van der Waals surface area contributed by atoms with E-state index in [1.165, 1.54) is 0 Å². The Morgan fingerprint density at radius 3 is 3.00 bits per heavy atom. The largest absolute Gasteiger partial charge is 0.459 e. The molecule has 2 rings (SSSR count). The highest BCUT2D eigenvalue weighted by molar-refractivity contribution is 7.17. The zero-order valence-electron chi connectivity index (χ0n) is 6.11. The van der Waals surface area contributed by atoms with Crippen LogP contribution in [0.2, 0.25) is 0 Å². The summed E-state index contributed by atoms with van der Waals surface area (Å²) in [5.74, 6) is 0.352. The molecular weight excluding hydrogens is 158 g/mol. The number of pyridine rings is 1. The number of fused-ring (bicyclic) bond motifs is 1. The van der Waals surface area contributed by atoms with Crippen LogP contribution in [0.25, 0.3) is 4.83 Å². The van der Waals surface area contributed by atoms with Gasteiger partial charge in [0.15, 0.2) is 6.20 Å². The van der Waals surface area contributed by atoms with Crippen molar-refractivity contribution in [2.45, 2.75) is 6.92 Å². The Balaban J connectivity index is 2.92. The van der Waals surface area contributed by atoms with Crippen LogP contribution in [0.15, 0.2) is 24.4 Å². The van der Waals surface area contributed by atoms with Crippen LogP contribution in [-0.2, 0) is 0 Å². The van der Waals surface area contributed by atoms with Crippen molar-refractivity contribution in [2.75, 3.05) is 0 Å². The van der Waals surface area contributed by atoms with E-state index in [1.807, 2.05) is 31.3 Å². The zero-order valence-corrected chi connectivity index (χ0v) is 6.93. The SMILES string of the molecule is Cc1sc2cccc[n+]2c1O. The molecule has 0 aliphatic heterocycles. The van der Waals surface area contributed by atoms with Crippen molar-refractivity contribution in [1.29, 1.82) is 0 Å². The first-order valence-electron chi connectivity index (χ1n) is 3.38. The Hall–Kier alpha value is -1.09. The van der Waals surface area contributed by atoms with Gasteiger partial charge in [0.2, 0.25) is 0 Å². The summed E-state index contributed by atoms with van der Waals surface area (Å²) in [6, 6.07) is 5.85. The van der Waals surface area contributed by atoms with Crippen LogP contribution in [0.5, 0.6) is 5.88 Å². The second kappa shape index (κ2) is 2.20. The van der Waals surface area contributed by atoms with E-state index in [-0.39, 0.29) is 0 Å². The van der Waals surface area contributed by atoms with E-state index >= 15 is 0 Å². The highest BCUT2D eigenvalue weighted by Gasteiger charge is 2.14. The number of nitrogens with zero attached hydrogens (tertiary/aromatic N) is 1. The molecule has 0 bridgehead atoms. The molecule has 0 spiro atoms. The minimum Gasteiger partial charge on any atom is -0.459 e. The third-order valence-corrected chi connectivity index (χ3v) is 2.65. The van der Waals surface area contributed by atoms with Crippen molar-refractivity contribution >= 4 is 16.2 Å².